The van der Waals surface area contributed by atoms with Gasteiger partial charge in [-0.25, -0.2) is 0 Å². The third-order valence-corrected chi connectivity index (χ3v) is 3.66. The Balaban J connectivity index is 1.84. The first kappa shape index (κ1) is 13.5. The van der Waals surface area contributed by atoms with Crippen LogP contribution in [-0.2, 0) is 4.74 Å². The minimum atomic E-state index is 0.169. The van der Waals surface area contributed by atoms with Crippen molar-refractivity contribution >= 4 is 0 Å². The number of benzene rings is 1. The standard InChI is InChI=1S/C15H24N2O/c1-13(12-16)18-11-10-17-9-5-8-15(17)14-6-3-2-4-7-14/h2-4,6-7,13,15H,5,8-12,16H2,1H3. The van der Waals surface area contributed by atoms with Crippen molar-refractivity contribution in [3.63, 3.8) is 0 Å². The van der Waals surface area contributed by atoms with E-state index in [0.717, 1.165) is 13.2 Å². The lowest BCUT2D eigenvalue weighted by atomic mass is 10.0. The fourth-order valence-electron chi connectivity index (χ4n) is 2.59. The maximum Gasteiger partial charge on any atom is 0.0669 e. The van der Waals surface area contributed by atoms with Gasteiger partial charge in [-0.2, -0.15) is 0 Å². The molecule has 0 amide bonds. The molecule has 1 aliphatic heterocycles. The molecular formula is C15H24N2O. The average Bonchev–Trinajstić information content (AvgIpc) is 2.88. The van der Waals surface area contributed by atoms with E-state index in [4.69, 9.17) is 10.5 Å². The molecule has 3 nitrogen and oxygen atoms in total. The SMILES string of the molecule is CC(CN)OCCN1CCCC1c1ccccc1. The van der Waals surface area contributed by atoms with Gasteiger partial charge in [0.1, 0.15) is 0 Å². The lowest BCUT2D eigenvalue weighted by Gasteiger charge is -2.25. The van der Waals surface area contributed by atoms with Crippen molar-refractivity contribution in [2.75, 3.05) is 26.2 Å². The van der Waals surface area contributed by atoms with Crippen LogP contribution in [0.5, 0.6) is 0 Å². The molecule has 1 aromatic carbocycles. The van der Waals surface area contributed by atoms with Crippen LogP contribution in [0.15, 0.2) is 30.3 Å². The van der Waals surface area contributed by atoms with E-state index in [1.807, 2.05) is 6.92 Å². The highest BCUT2D eigenvalue weighted by molar-refractivity contribution is 5.19. The Kier molecular flexibility index (Phi) is 5.17. The van der Waals surface area contributed by atoms with Crippen molar-refractivity contribution in [2.45, 2.75) is 31.9 Å². The summed E-state index contributed by atoms with van der Waals surface area (Å²) in [5.41, 5.74) is 6.98. The average molecular weight is 248 g/mol. The number of hydrogen-bond acceptors (Lipinski definition) is 3. The zero-order valence-electron chi connectivity index (χ0n) is 11.2. The molecule has 2 N–H and O–H groups in total. The number of nitrogens with two attached hydrogens (primary N) is 1. The van der Waals surface area contributed by atoms with E-state index in [2.05, 4.69) is 35.2 Å². The van der Waals surface area contributed by atoms with Crippen LogP contribution in [0, 0.1) is 0 Å². The molecule has 3 heteroatoms. The smallest absolute Gasteiger partial charge is 0.0669 e. The quantitative estimate of drug-likeness (QED) is 0.838. The Labute approximate surface area is 110 Å². The molecule has 1 heterocycles. The summed E-state index contributed by atoms with van der Waals surface area (Å²) in [4.78, 5) is 2.53. The van der Waals surface area contributed by atoms with Gasteiger partial charge in [-0.05, 0) is 31.9 Å². The van der Waals surface area contributed by atoms with Crippen LogP contribution in [0.25, 0.3) is 0 Å². The molecule has 2 unspecified atom stereocenters. The first-order valence-electron chi connectivity index (χ1n) is 6.92. The van der Waals surface area contributed by atoms with Gasteiger partial charge < -0.3 is 10.5 Å². The lowest BCUT2D eigenvalue weighted by molar-refractivity contribution is 0.0508. The Morgan fingerprint density at radius 1 is 1.39 bits per heavy atom. The normalized spacial score (nSPS) is 22.2. The summed E-state index contributed by atoms with van der Waals surface area (Å²) in [6.07, 6.45) is 2.71. The molecule has 0 radical (unpaired) electrons. The summed E-state index contributed by atoms with van der Waals surface area (Å²) in [6.45, 7) is 5.59. The van der Waals surface area contributed by atoms with Crippen molar-refractivity contribution < 1.29 is 4.74 Å². The molecule has 2 atom stereocenters. The third-order valence-electron chi connectivity index (χ3n) is 3.66. The molecule has 0 aromatic heterocycles. The van der Waals surface area contributed by atoms with Crippen molar-refractivity contribution in [3.05, 3.63) is 35.9 Å². The molecule has 0 bridgehead atoms. The minimum absolute atomic E-state index is 0.169. The van der Waals surface area contributed by atoms with Gasteiger partial charge in [0, 0.05) is 19.1 Å². The van der Waals surface area contributed by atoms with Crippen LogP contribution in [0.4, 0.5) is 0 Å². The van der Waals surface area contributed by atoms with Gasteiger partial charge in [-0.15, -0.1) is 0 Å². The summed E-state index contributed by atoms with van der Waals surface area (Å²) in [5.74, 6) is 0. The fourth-order valence-corrected chi connectivity index (χ4v) is 2.59. The van der Waals surface area contributed by atoms with Crippen LogP contribution < -0.4 is 5.73 Å². The molecule has 18 heavy (non-hydrogen) atoms. The van der Waals surface area contributed by atoms with Gasteiger partial charge in [0.05, 0.1) is 12.7 Å². The molecule has 2 rings (SSSR count). The molecule has 0 saturated carbocycles. The molecule has 1 aromatic rings. The van der Waals surface area contributed by atoms with Gasteiger partial charge in [0.15, 0.2) is 0 Å². The summed E-state index contributed by atoms with van der Waals surface area (Å²) >= 11 is 0. The van der Waals surface area contributed by atoms with E-state index in [-0.39, 0.29) is 6.10 Å². The van der Waals surface area contributed by atoms with Crippen LogP contribution in [0.1, 0.15) is 31.4 Å². The number of nitrogens with zero attached hydrogens (tertiary/aromatic N) is 1. The van der Waals surface area contributed by atoms with Crippen LogP contribution in [-0.4, -0.2) is 37.2 Å². The van der Waals surface area contributed by atoms with E-state index in [9.17, 15) is 0 Å². The maximum absolute atomic E-state index is 5.67. The molecule has 1 aliphatic rings. The highest BCUT2D eigenvalue weighted by atomic mass is 16.5. The second-order valence-electron chi connectivity index (χ2n) is 5.02. The number of hydrogen-bond donors (Lipinski definition) is 1. The molecule has 100 valence electrons. The summed E-state index contributed by atoms with van der Waals surface area (Å²) in [7, 11) is 0. The molecule has 0 aliphatic carbocycles. The van der Waals surface area contributed by atoms with Gasteiger partial charge in [-0.1, -0.05) is 30.3 Å². The molecule has 0 spiro atoms. The topological polar surface area (TPSA) is 38.5 Å². The Morgan fingerprint density at radius 2 is 2.17 bits per heavy atom. The second kappa shape index (κ2) is 6.88. The Bertz CT molecular complexity index is 342. The van der Waals surface area contributed by atoms with E-state index in [1.165, 1.54) is 24.9 Å². The summed E-state index contributed by atoms with van der Waals surface area (Å²) in [5, 5.41) is 0. The number of rotatable bonds is 6. The largest absolute Gasteiger partial charge is 0.376 e. The third kappa shape index (κ3) is 3.55. The van der Waals surface area contributed by atoms with Gasteiger partial charge in [-0.3, -0.25) is 4.90 Å². The number of ether oxygens (including phenoxy) is 1. The summed E-state index contributed by atoms with van der Waals surface area (Å²) < 4.78 is 5.67. The van der Waals surface area contributed by atoms with Crippen molar-refractivity contribution in [2.24, 2.45) is 5.73 Å². The van der Waals surface area contributed by atoms with E-state index < -0.39 is 0 Å². The first-order chi connectivity index (χ1) is 8.81. The molecular weight excluding hydrogens is 224 g/mol. The van der Waals surface area contributed by atoms with Gasteiger partial charge >= 0.3 is 0 Å². The minimum Gasteiger partial charge on any atom is -0.376 e. The van der Waals surface area contributed by atoms with Gasteiger partial charge in [0.2, 0.25) is 0 Å². The van der Waals surface area contributed by atoms with Crippen LogP contribution >= 0.6 is 0 Å². The lowest BCUT2D eigenvalue weighted by Crippen LogP contribution is -2.30. The predicted molar refractivity (Wildman–Crippen MR) is 74.5 cm³/mol. The predicted octanol–water partition coefficient (Wildman–Crippen LogP) is 2.19. The first-order valence-corrected chi connectivity index (χ1v) is 6.92. The van der Waals surface area contributed by atoms with Crippen LogP contribution in [0.3, 0.4) is 0 Å². The van der Waals surface area contributed by atoms with Crippen LogP contribution in [0.2, 0.25) is 0 Å². The summed E-state index contributed by atoms with van der Waals surface area (Å²) in [6, 6.07) is 11.4. The van der Waals surface area contributed by atoms with Gasteiger partial charge in [0.25, 0.3) is 0 Å². The molecule has 1 fully saturated rings. The molecule has 1 saturated heterocycles. The van der Waals surface area contributed by atoms with Crippen molar-refractivity contribution in [3.8, 4) is 0 Å². The zero-order chi connectivity index (χ0) is 12.8. The highest BCUT2D eigenvalue weighted by Crippen LogP contribution is 2.31. The van der Waals surface area contributed by atoms with E-state index in [0.29, 0.717) is 12.6 Å². The van der Waals surface area contributed by atoms with Crippen molar-refractivity contribution in [1.82, 2.24) is 4.90 Å². The van der Waals surface area contributed by atoms with Crippen molar-refractivity contribution in [1.29, 1.82) is 0 Å². The maximum atomic E-state index is 5.67. The van der Waals surface area contributed by atoms with E-state index in [1.54, 1.807) is 0 Å². The zero-order valence-corrected chi connectivity index (χ0v) is 11.2. The highest BCUT2D eigenvalue weighted by Gasteiger charge is 2.25. The number of likely N-dealkylation sites (tertiary alicyclic amines) is 1. The van der Waals surface area contributed by atoms with E-state index >= 15 is 0 Å². The Hall–Kier alpha value is -0.900. The second-order valence-corrected chi connectivity index (χ2v) is 5.02. The Morgan fingerprint density at radius 3 is 2.89 bits per heavy atom. The monoisotopic (exact) mass is 248 g/mol. The fraction of sp³-hybridized carbons (Fsp3) is 0.600.